The number of nitrogens with one attached hydrogen (secondary N) is 1. The number of rotatable bonds is 2. The highest BCUT2D eigenvalue weighted by Gasteiger charge is 2.15. The number of H-pyrrole nitrogens is 1. The van der Waals surface area contributed by atoms with Crippen molar-refractivity contribution >= 4 is 0 Å². The summed E-state index contributed by atoms with van der Waals surface area (Å²) in [6.07, 6.45) is 1.83. The van der Waals surface area contributed by atoms with Crippen LogP contribution in [0.25, 0.3) is 11.3 Å². The van der Waals surface area contributed by atoms with Crippen molar-refractivity contribution in [3.63, 3.8) is 0 Å². The van der Waals surface area contributed by atoms with Crippen LogP contribution in [0.1, 0.15) is 23.6 Å². The van der Waals surface area contributed by atoms with Gasteiger partial charge in [0.15, 0.2) is 0 Å². The molecule has 4 heteroatoms. The van der Waals surface area contributed by atoms with E-state index in [9.17, 15) is 9.18 Å². The fourth-order valence-corrected chi connectivity index (χ4v) is 2.19. The molecule has 3 nitrogen and oxygen atoms in total. The van der Waals surface area contributed by atoms with Crippen molar-refractivity contribution in [2.45, 2.75) is 27.2 Å². The van der Waals surface area contributed by atoms with Crippen LogP contribution >= 0.6 is 0 Å². The monoisotopic (exact) mass is 246 g/mol. The van der Waals surface area contributed by atoms with Crippen LogP contribution < -0.4 is 5.56 Å². The van der Waals surface area contributed by atoms with Gasteiger partial charge in [-0.25, -0.2) is 9.37 Å². The SMILES string of the molecule is CCc1c(-c2c(C)cc(C)cc2F)nc[nH]c1=O. The van der Waals surface area contributed by atoms with Crippen molar-refractivity contribution in [1.82, 2.24) is 9.97 Å². The Morgan fingerprint density at radius 1 is 1.33 bits per heavy atom. The Balaban J connectivity index is 2.78. The maximum absolute atomic E-state index is 14.1. The number of halogens is 1. The second-order valence-electron chi connectivity index (χ2n) is 4.35. The molecule has 0 aliphatic heterocycles. The van der Waals surface area contributed by atoms with Gasteiger partial charge in [0, 0.05) is 11.1 Å². The van der Waals surface area contributed by atoms with Crippen LogP contribution in [0.2, 0.25) is 0 Å². The van der Waals surface area contributed by atoms with Crippen LogP contribution in [0.4, 0.5) is 4.39 Å². The Labute approximate surface area is 105 Å². The first-order chi connectivity index (χ1) is 8.54. The molecule has 0 fully saturated rings. The predicted molar refractivity (Wildman–Crippen MR) is 69.1 cm³/mol. The van der Waals surface area contributed by atoms with Gasteiger partial charge in [-0.1, -0.05) is 13.0 Å². The van der Waals surface area contributed by atoms with Crippen molar-refractivity contribution in [1.29, 1.82) is 0 Å². The van der Waals surface area contributed by atoms with Crippen molar-refractivity contribution in [2.24, 2.45) is 0 Å². The maximum Gasteiger partial charge on any atom is 0.254 e. The minimum absolute atomic E-state index is 0.207. The summed E-state index contributed by atoms with van der Waals surface area (Å²) < 4.78 is 14.1. The van der Waals surface area contributed by atoms with Gasteiger partial charge in [-0.3, -0.25) is 4.79 Å². The maximum atomic E-state index is 14.1. The lowest BCUT2D eigenvalue weighted by Gasteiger charge is -2.10. The highest BCUT2D eigenvalue weighted by atomic mass is 19.1. The van der Waals surface area contributed by atoms with Crippen molar-refractivity contribution < 1.29 is 4.39 Å². The number of aryl methyl sites for hydroxylation is 2. The van der Waals surface area contributed by atoms with Crippen molar-refractivity contribution in [3.05, 3.63) is 51.3 Å². The van der Waals surface area contributed by atoms with Crippen LogP contribution in [-0.2, 0) is 6.42 Å². The Morgan fingerprint density at radius 2 is 2.06 bits per heavy atom. The first-order valence-electron chi connectivity index (χ1n) is 5.88. The average molecular weight is 246 g/mol. The molecule has 0 radical (unpaired) electrons. The van der Waals surface area contributed by atoms with Crippen LogP contribution in [0.15, 0.2) is 23.3 Å². The van der Waals surface area contributed by atoms with Crippen LogP contribution in [0, 0.1) is 19.7 Å². The Bertz CT molecular complexity index is 623. The molecule has 0 spiro atoms. The Hall–Kier alpha value is -1.97. The third-order valence-electron chi connectivity index (χ3n) is 2.97. The minimum Gasteiger partial charge on any atom is -0.313 e. The molecule has 1 aromatic heterocycles. The van der Waals surface area contributed by atoms with E-state index in [-0.39, 0.29) is 11.4 Å². The zero-order chi connectivity index (χ0) is 13.3. The van der Waals surface area contributed by atoms with Gasteiger partial charge in [0.25, 0.3) is 5.56 Å². The highest BCUT2D eigenvalue weighted by molar-refractivity contribution is 5.67. The molecular formula is C14H15FN2O. The average Bonchev–Trinajstić information content (AvgIpc) is 2.27. The molecule has 94 valence electrons. The van der Waals surface area contributed by atoms with Crippen LogP contribution in [0.5, 0.6) is 0 Å². The fraction of sp³-hybridized carbons (Fsp3) is 0.286. The molecule has 0 aliphatic carbocycles. The fourth-order valence-electron chi connectivity index (χ4n) is 2.19. The molecule has 0 bridgehead atoms. The van der Waals surface area contributed by atoms with E-state index in [1.807, 2.05) is 26.8 Å². The molecule has 1 aromatic carbocycles. The molecule has 2 aromatic rings. The van der Waals surface area contributed by atoms with E-state index in [0.717, 1.165) is 11.1 Å². The molecule has 0 atom stereocenters. The van der Waals surface area contributed by atoms with Gasteiger partial charge < -0.3 is 4.98 Å². The molecule has 2 rings (SSSR count). The van der Waals surface area contributed by atoms with E-state index in [1.54, 1.807) is 0 Å². The summed E-state index contributed by atoms with van der Waals surface area (Å²) in [4.78, 5) is 18.4. The smallest absolute Gasteiger partial charge is 0.254 e. The highest BCUT2D eigenvalue weighted by Crippen LogP contribution is 2.27. The van der Waals surface area contributed by atoms with Gasteiger partial charge >= 0.3 is 0 Å². The number of hydrogen-bond acceptors (Lipinski definition) is 2. The van der Waals surface area contributed by atoms with Crippen LogP contribution in [-0.4, -0.2) is 9.97 Å². The lowest BCUT2D eigenvalue weighted by atomic mass is 9.98. The van der Waals surface area contributed by atoms with E-state index >= 15 is 0 Å². The largest absolute Gasteiger partial charge is 0.313 e. The van der Waals surface area contributed by atoms with Gasteiger partial charge in [-0.15, -0.1) is 0 Å². The molecule has 1 heterocycles. The number of nitrogens with zero attached hydrogens (tertiary/aromatic N) is 1. The van der Waals surface area contributed by atoms with E-state index in [4.69, 9.17) is 0 Å². The number of benzene rings is 1. The summed E-state index contributed by atoms with van der Waals surface area (Å²) in [5.41, 5.74) is 2.82. The molecule has 0 unspecified atom stereocenters. The summed E-state index contributed by atoms with van der Waals surface area (Å²) in [5.74, 6) is -0.333. The molecular weight excluding hydrogens is 231 g/mol. The van der Waals surface area contributed by atoms with Gasteiger partial charge in [-0.2, -0.15) is 0 Å². The van der Waals surface area contributed by atoms with E-state index in [0.29, 0.717) is 23.2 Å². The molecule has 0 amide bonds. The number of aromatic nitrogens is 2. The predicted octanol–water partition coefficient (Wildman–Crippen LogP) is 2.76. The van der Waals surface area contributed by atoms with Crippen LogP contribution in [0.3, 0.4) is 0 Å². The summed E-state index contributed by atoms with van der Waals surface area (Å²) in [5, 5.41) is 0. The topological polar surface area (TPSA) is 45.8 Å². The number of hydrogen-bond donors (Lipinski definition) is 1. The Morgan fingerprint density at radius 3 is 2.67 bits per heavy atom. The summed E-state index contributed by atoms with van der Waals surface area (Å²) in [6, 6.07) is 3.35. The second kappa shape index (κ2) is 4.72. The molecule has 1 N–H and O–H groups in total. The number of aromatic amines is 1. The van der Waals surface area contributed by atoms with Gasteiger partial charge in [0.2, 0.25) is 0 Å². The zero-order valence-corrected chi connectivity index (χ0v) is 10.7. The second-order valence-corrected chi connectivity index (χ2v) is 4.35. The van der Waals surface area contributed by atoms with Gasteiger partial charge in [0.05, 0.1) is 12.0 Å². The third kappa shape index (κ3) is 2.06. The summed E-state index contributed by atoms with van der Waals surface area (Å²) in [6.45, 7) is 5.52. The Kier molecular flexibility index (Phi) is 3.28. The standard InChI is InChI=1S/C14H15FN2O/c1-4-10-13(16-7-17-14(10)18)12-9(3)5-8(2)6-11(12)15/h5-7H,4H2,1-3H3,(H,16,17,18). The third-order valence-corrected chi connectivity index (χ3v) is 2.97. The minimum atomic E-state index is -0.333. The quantitative estimate of drug-likeness (QED) is 0.885. The first kappa shape index (κ1) is 12.5. The van der Waals surface area contributed by atoms with Crippen molar-refractivity contribution in [3.8, 4) is 11.3 Å². The first-order valence-corrected chi connectivity index (χ1v) is 5.88. The van der Waals surface area contributed by atoms with Gasteiger partial charge in [0.1, 0.15) is 5.82 Å². The zero-order valence-electron chi connectivity index (χ0n) is 10.7. The van der Waals surface area contributed by atoms with E-state index in [1.165, 1.54) is 12.4 Å². The lowest BCUT2D eigenvalue weighted by molar-refractivity contribution is 0.628. The molecule has 0 saturated carbocycles. The lowest BCUT2D eigenvalue weighted by Crippen LogP contribution is -2.15. The summed E-state index contributed by atoms with van der Waals surface area (Å²) >= 11 is 0. The molecule has 0 saturated heterocycles. The molecule has 0 aliphatic rings. The molecule has 18 heavy (non-hydrogen) atoms. The van der Waals surface area contributed by atoms with E-state index in [2.05, 4.69) is 9.97 Å². The van der Waals surface area contributed by atoms with Gasteiger partial charge in [-0.05, 0) is 37.5 Å². The normalized spacial score (nSPS) is 10.7. The summed E-state index contributed by atoms with van der Waals surface area (Å²) in [7, 11) is 0. The van der Waals surface area contributed by atoms with E-state index < -0.39 is 0 Å². The van der Waals surface area contributed by atoms with Crippen molar-refractivity contribution in [2.75, 3.05) is 0 Å².